The SMILES string of the molecule is CC(CCc1cc(C(N)=O)cc([N+](=O)[O-])c1)NCC(O)c1ccccc1F. The highest BCUT2D eigenvalue weighted by molar-refractivity contribution is 5.93. The summed E-state index contributed by atoms with van der Waals surface area (Å²) in [7, 11) is 0. The van der Waals surface area contributed by atoms with Crippen LogP contribution in [0.25, 0.3) is 0 Å². The minimum atomic E-state index is -0.979. The highest BCUT2D eigenvalue weighted by Crippen LogP contribution is 2.19. The first-order valence-electron chi connectivity index (χ1n) is 8.52. The molecule has 27 heavy (non-hydrogen) atoms. The Labute approximate surface area is 156 Å². The molecule has 2 aromatic rings. The van der Waals surface area contributed by atoms with E-state index in [0.29, 0.717) is 18.4 Å². The van der Waals surface area contributed by atoms with E-state index in [1.165, 1.54) is 24.3 Å². The molecule has 8 heteroatoms. The van der Waals surface area contributed by atoms with Crippen LogP contribution in [0.3, 0.4) is 0 Å². The molecule has 7 nitrogen and oxygen atoms in total. The average molecular weight is 375 g/mol. The third-order valence-electron chi connectivity index (χ3n) is 4.26. The van der Waals surface area contributed by atoms with Gasteiger partial charge in [-0.2, -0.15) is 0 Å². The van der Waals surface area contributed by atoms with Gasteiger partial charge in [0.05, 0.1) is 11.0 Å². The van der Waals surface area contributed by atoms with E-state index in [1.807, 2.05) is 6.92 Å². The fraction of sp³-hybridized carbons (Fsp3) is 0.316. The van der Waals surface area contributed by atoms with Crippen molar-refractivity contribution in [3.63, 3.8) is 0 Å². The van der Waals surface area contributed by atoms with Gasteiger partial charge in [-0.1, -0.05) is 18.2 Å². The predicted molar refractivity (Wildman–Crippen MR) is 98.8 cm³/mol. The summed E-state index contributed by atoms with van der Waals surface area (Å²) in [4.78, 5) is 21.8. The molecule has 144 valence electrons. The van der Waals surface area contributed by atoms with Crippen molar-refractivity contribution in [1.29, 1.82) is 0 Å². The molecule has 2 atom stereocenters. The topological polar surface area (TPSA) is 118 Å². The number of amides is 1. The number of nitro benzene ring substituents is 1. The van der Waals surface area contributed by atoms with Gasteiger partial charge in [0.1, 0.15) is 5.82 Å². The van der Waals surface area contributed by atoms with Crippen LogP contribution in [0.2, 0.25) is 0 Å². The molecule has 1 amide bonds. The second-order valence-corrected chi connectivity index (χ2v) is 6.39. The van der Waals surface area contributed by atoms with Crippen LogP contribution in [0.5, 0.6) is 0 Å². The zero-order valence-electron chi connectivity index (χ0n) is 14.9. The van der Waals surface area contributed by atoms with Crippen molar-refractivity contribution in [3.8, 4) is 0 Å². The molecule has 0 saturated heterocycles. The number of benzene rings is 2. The Kier molecular flexibility index (Phi) is 6.98. The number of hydrogen-bond acceptors (Lipinski definition) is 5. The molecule has 4 N–H and O–H groups in total. The lowest BCUT2D eigenvalue weighted by Gasteiger charge is -2.18. The first-order valence-corrected chi connectivity index (χ1v) is 8.52. The molecule has 0 radical (unpaired) electrons. The number of carbonyl (C=O) groups is 1. The van der Waals surface area contributed by atoms with Crippen LogP contribution >= 0.6 is 0 Å². The van der Waals surface area contributed by atoms with E-state index >= 15 is 0 Å². The molecule has 0 fully saturated rings. The van der Waals surface area contributed by atoms with Crippen LogP contribution in [0.1, 0.15) is 40.9 Å². The van der Waals surface area contributed by atoms with Crippen molar-refractivity contribution < 1.29 is 19.2 Å². The fourth-order valence-corrected chi connectivity index (χ4v) is 2.72. The number of rotatable bonds is 9. The third kappa shape index (κ3) is 5.83. The standard InChI is InChI=1S/C19H22FN3O4/c1-12(22-11-18(24)16-4-2-3-5-17(16)20)6-7-13-8-14(19(21)25)10-15(9-13)23(26)27/h2-5,8-10,12,18,22,24H,6-7,11H2,1H3,(H2,21,25). The van der Waals surface area contributed by atoms with Gasteiger partial charge in [-0.25, -0.2) is 4.39 Å². The van der Waals surface area contributed by atoms with E-state index in [2.05, 4.69) is 5.32 Å². The maximum atomic E-state index is 13.7. The number of nitro groups is 1. The average Bonchev–Trinajstić information content (AvgIpc) is 2.64. The van der Waals surface area contributed by atoms with Gasteiger partial charge in [0.2, 0.25) is 5.91 Å². The van der Waals surface area contributed by atoms with Gasteiger partial charge in [0.25, 0.3) is 5.69 Å². The molecule has 0 spiro atoms. The summed E-state index contributed by atoms with van der Waals surface area (Å²) in [6.45, 7) is 2.06. The normalized spacial score (nSPS) is 13.1. The van der Waals surface area contributed by atoms with Gasteiger partial charge in [-0.3, -0.25) is 14.9 Å². The number of aliphatic hydroxyl groups excluding tert-OH is 1. The molecule has 2 unspecified atom stereocenters. The van der Waals surface area contributed by atoms with Crippen molar-refractivity contribution in [2.45, 2.75) is 31.9 Å². The molecule has 0 aliphatic carbocycles. The predicted octanol–water partition coefficient (Wildman–Crippen LogP) is 2.48. The van der Waals surface area contributed by atoms with Gasteiger partial charge in [-0.05, 0) is 37.5 Å². The minimum Gasteiger partial charge on any atom is -0.387 e. The van der Waals surface area contributed by atoms with Crippen LogP contribution in [0, 0.1) is 15.9 Å². The molecular formula is C19H22FN3O4. The van der Waals surface area contributed by atoms with Gasteiger partial charge < -0.3 is 16.2 Å². The Hall–Kier alpha value is -2.84. The molecule has 0 heterocycles. The van der Waals surface area contributed by atoms with E-state index in [1.54, 1.807) is 12.1 Å². The number of hydrogen-bond donors (Lipinski definition) is 3. The second kappa shape index (κ2) is 9.20. The molecule has 0 aliphatic rings. The third-order valence-corrected chi connectivity index (χ3v) is 4.26. The Morgan fingerprint density at radius 2 is 2.04 bits per heavy atom. The molecule has 0 aromatic heterocycles. The quantitative estimate of drug-likeness (QED) is 0.460. The summed E-state index contributed by atoms with van der Waals surface area (Å²) in [6.07, 6.45) is 0.0999. The number of nitrogens with zero attached hydrogens (tertiary/aromatic N) is 1. The summed E-state index contributed by atoms with van der Waals surface area (Å²) in [6, 6.07) is 10.1. The molecule has 2 rings (SSSR count). The summed E-state index contributed by atoms with van der Waals surface area (Å²) >= 11 is 0. The van der Waals surface area contributed by atoms with Crippen LogP contribution < -0.4 is 11.1 Å². The van der Waals surface area contributed by atoms with Crippen molar-refractivity contribution in [2.24, 2.45) is 5.73 Å². The maximum Gasteiger partial charge on any atom is 0.270 e. The fourth-order valence-electron chi connectivity index (χ4n) is 2.72. The largest absolute Gasteiger partial charge is 0.387 e. The summed E-state index contributed by atoms with van der Waals surface area (Å²) < 4.78 is 13.7. The number of nitrogens with two attached hydrogens (primary N) is 1. The minimum absolute atomic E-state index is 0.0392. The molecular weight excluding hydrogens is 353 g/mol. The lowest BCUT2D eigenvalue weighted by Crippen LogP contribution is -2.31. The number of halogens is 1. The van der Waals surface area contributed by atoms with E-state index in [0.717, 1.165) is 6.07 Å². The van der Waals surface area contributed by atoms with Gasteiger partial charge in [0, 0.05) is 35.8 Å². The maximum absolute atomic E-state index is 13.7. The van der Waals surface area contributed by atoms with Gasteiger partial charge in [-0.15, -0.1) is 0 Å². The van der Waals surface area contributed by atoms with Crippen molar-refractivity contribution in [3.05, 3.63) is 75.1 Å². The molecule has 0 aliphatic heterocycles. The van der Waals surface area contributed by atoms with Crippen LogP contribution in [-0.2, 0) is 6.42 Å². The highest BCUT2D eigenvalue weighted by atomic mass is 19.1. The highest BCUT2D eigenvalue weighted by Gasteiger charge is 2.15. The van der Waals surface area contributed by atoms with Gasteiger partial charge in [0.15, 0.2) is 0 Å². The van der Waals surface area contributed by atoms with E-state index < -0.39 is 22.8 Å². The van der Waals surface area contributed by atoms with Crippen LogP contribution in [0.15, 0.2) is 42.5 Å². The number of aryl methyl sites for hydroxylation is 1. The number of carbonyl (C=O) groups excluding carboxylic acids is 1. The molecule has 0 bridgehead atoms. The first-order chi connectivity index (χ1) is 12.8. The number of non-ortho nitro benzene ring substituents is 1. The van der Waals surface area contributed by atoms with Crippen molar-refractivity contribution >= 4 is 11.6 Å². The Bertz CT molecular complexity index is 796. The van der Waals surface area contributed by atoms with E-state index in [-0.39, 0.29) is 29.4 Å². The Balaban J connectivity index is 1.93. The Morgan fingerprint density at radius 3 is 2.67 bits per heavy atom. The Morgan fingerprint density at radius 1 is 1.33 bits per heavy atom. The van der Waals surface area contributed by atoms with E-state index in [9.17, 15) is 24.4 Å². The van der Waals surface area contributed by atoms with Crippen molar-refractivity contribution in [1.82, 2.24) is 5.32 Å². The smallest absolute Gasteiger partial charge is 0.270 e. The zero-order chi connectivity index (χ0) is 20.0. The number of primary amides is 1. The van der Waals surface area contributed by atoms with Crippen molar-refractivity contribution in [2.75, 3.05) is 6.54 Å². The second-order valence-electron chi connectivity index (χ2n) is 6.39. The summed E-state index contributed by atoms with van der Waals surface area (Å²) in [5, 5.41) is 24.2. The monoisotopic (exact) mass is 375 g/mol. The zero-order valence-corrected chi connectivity index (χ0v) is 14.9. The lowest BCUT2D eigenvalue weighted by molar-refractivity contribution is -0.384. The lowest BCUT2D eigenvalue weighted by atomic mass is 10.0. The van der Waals surface area contributed by atoms with Crippen LogP contribution in [-0.4, -0.2) is 28.5 Å². The summed E-state index contributed by atoms with van der Waals surface area (Å²) in [5.41, 5.74) is 5.98. The molecule has 2 aromatic carbocycles. The number of aliphatic hydroxyl groups is 1. The first kappa shape index (κ1) is 20.5. The van der Waals surface area contributed by atoms with Crippen LogP contribution in [0.4, 0.5) is 10.1 Å². The van der Waals surface area contributed by atoms with E-state index in [4.69, 9.17) is 5.73 Å². The molecule has 0 saturated carbocycles. The summed E-state index contributed by atoms with van der Waals surface area (Å²) in [5.74, 6) is -1.19. The number of nitrogens with one attached hydrogen (secondary N) is 1. The van der Waals surface area contributed by atoms with Gasteiger partial charge >= 0.3 is 0 Å².